The third-order valence-electron chi connectivity index (χ3n) is 4.57. The standard InChI is InChI=1S/C24H28O7/c1-13(2)10-18(26)17-8-9-20(21(24(28)29)23(17)30-5)31-22-16(7-6-15(4)25)11-14(3)12-19(22)27/h6-9,11-13,18,26-27H,10H2,1-5H3,(H,28,29)/b7-6+/t18-/m0/s1. The first kappa shape index (κ1) is 24.0. The molecule has 3 N–H and O–H groups in total. The number of allylic oxidation sites excluding steroid dienone is 1. The number of benzene rings is 2. The lowest BCUT2D eigenvalue weighted by molar-refractivity contribution is -0.112. The number of aliphatic hydroxyl groups excluding tert-OH is 1. The van der Waals surface area contributed by atoms with E-state index in [4.69, 9.17) is 9.47 Å². The zero-order valence-corrected chi connectivity index (χ0v) is 18.3. The van der Waals surface area contributed by atoms with Crippen molar-refractivity contribution >= 4 is 17.8 Å². The fraction of sp³-hybridized carbons (Fsp3) is 0.333. The van der Waals surface area contributed by atoms with E-state index in [1.807, 2.05) is 13.8 Å². The van der Waals surface area contributed by atoms with Crippen molar-refractivity contribution in [1.29, 1.82) is 0 Å². The van der Waals surface area contributed by atoms with Crippen LogP contribution >= 0.6 is 0 Å². The predicted octanol–water partition coefficient (Wildman–Crippen LogP) is 4.88. The number of aromatic carboxylic acids is 1. The number of carbonyl (C=O) groups excluding carboxylic acids is 1. The Labute approximate surface area is 181 Å². The van der Waals surface area contributed by atoms with Crippen LogP contribution in [-0.4, -0.2) is 34.2 Å². The molecule has 1 atom stereocenters. The van der Waals surface area contributed by atoms with Crippen LogP contribution in [0.5, 0.6) is 23.0 Å². The number of hydrogen-bond donors (Lipinski definition) is 3. The Morgan fingerprint density at radius 2 is 1.84 bits per heavy atom. The molecule has 0 saturated carbocycles. The molecule has 0 fully saturated rings. The second kappa shape index (κ2) is 10.1. The van der Waals surface area contributed by atoms with Crippen LogP contribution in [0.3, 0.4) is 0 Å². The fourth-order valence-corrected chi connectivity index (χ4v) is 3.26. The maximum absolute atomic E-state index is 12.1. The maximum Gasteiger partial charge on any atom is 0.343 e. The summed E-state index contributed by atoms with van der Waals surface area (Å²) in [6, 6.07) is 6.14. The van der Waals surface area contributed by atoms with Crippen molar-refractivity contribution < 1.29 is 34.4 Å². The summed E-state index contributed by atoms with van der Waals surface area (Å²) in [5.41, 5.74) is 1.21. The number of aryl methyl sites for hydroxylation is 1. The van der Waals surface area contributed by atoms with Gasteiger partial charge in [0.25, 0.3) is 0 Å². The van der Waals surface area contributed by atoms with Gasteiger partial charge in [0.2, 0.25) is 0 Å². The minimum Gasteiger partial charge on any atom is -0.504 e. The minimum absolute atomic E-state index is 0.00290. The predicted molar refractivity (Wildman–Crippen MR) is 117 cm³/mol. The first-order valence-electron chi connectivity index (χ1n) is 9.87. The molecule has 7 nitrogen and oxygen atoms in total. The average Bonchev–Trinajstić information content (AvgIpc) is 2.66. The molecule has 0 heterocycles. The van der Waals surface area contributed by atoms with Gasteiger partial charge < -0.3 is 24.8 Å². The highest BCUT2D eigenvalue weighted by molar-refractivity contribution is 5.95. The first-order valence-corrected chi connectivity index (χ1v) is 9.87. The zero-order chi connectivity index (χ0) is 23.3. The molecule has 0 aliphatic heterocycles. The Hall–Kier alpha value is -3.32. The van der Waals surface area contributed by atoms with E-state index in [1.165, 1.54) is 38.3 Å². The largest absolute Gasteiger partial charge is 0.504 e. The van der Waals surface area contributed by atoms with Crippen LogP contribution in [0.4, 0.5) is 0 Å². The Bertz CT molecular complexity index is 1010. The van der Waals surface area contributed by atoms with Gasteiger partial charge in [0, 0.05) is 11.1 Å². The molecule has 2 aromatic rings. The van der Waals surface area contributed by atoms with Crippen molar-refractivity contribution in [3.63, 3.8) is 0 Å². The normalized spacial score (nSPS) is 12.2. The van der Waals surface area contributed by atoms with E-state index in [0.29, 0.717) is 17.5 Å². The summed E-state index contributed by atoms with van der Waals surface area (Å²) < 4.78 is 11.2. The lowest BCUT2D eigenvalue weighted by Gasteiger charge is -2.20. The Morgan fingerprint density at radius 1 is 1.16 bits per heavy atom. The zero-order valence-electron chi connectivity index (χ0n) is 18.3. The molecule has 0 aliphatic rings. The number of phenols is 1. The molecule has 0 saturated heterocycles. The average molecular weight is 428 g/mol. The number of aliphatic hydroxyl groups is 1. The molecular formula is C24H28O7. The summed E-state index contributed by atoms with van der Waals surface area (Å²) in [7, 11) is 1.32. The molecular weight excluding hydrogens is 400 g/mol. The molecule has 0 bridgehead atoms. The van der Waals surface area contributed by atoms with Gasteiger partial charge in [0.05, 0.1) is 13.2 Å². The van der Waals surface area contributed by atoms with E-state index >= 15 is 0 Å². The number of carboxylic acids is 1. The number of rotatable bonds is 9. The summed E-state index contributed by atoms with van der Waals surface area (Å²) in [5, 5.41) is 30.8. The van der Waals surface area contributed by atoms with E-state index in [0.717, 1.165) is 5.56 Å². The summed E-state index contributed by atoms with van der Waals surface area (Å²) >= 11 is 0. The van der Waals surface area contributed by atoms with Crippen molar-refractivity contribution in [2.45, 2.75) is 40.2 Å². The Balaban J connectivity index is 2.63. The molecule has 0 spiro atoms. The van der Waals surface area contributed by atoms with Gasteiger partial charge in [-0.25, -0.2) is 4.79 Å². The van der Waals surface area contributed by atoms with Crippen LogP contribution < -0.4 is 9.47 Å². The third kappa shape index (κ3) is 5.86. The van der Waals surface area contributed by atoms with E-state index in [9.17, 15) is 24.9 Å². The van der Waals surface area contributed by atoms with E-state index in [2.05, 4.69) is 0 Å². The third-order valence-corrected chi connectivity index (χ3v) is 4.57. The number of aromatic hydroxyl groups is 1. The maximum atomic E-state index is 12.1. The Morgan fingerprint density at radius 3 is 2.39 bits per heavy atom. The summed E-state index contributed by atoms with van der Waals surface area (Å²) in [4.78, 5) is 23.4. The number of hydrogen-bond acceptors (Lipinski definition) is 6. The van der Waals surface area contributed by atoms with Crippen molar-refractivity contribution in [2.24, 2.45) is 5.92 Å². The number of carboxylic acid groups (broad SMARTS) is 1. The van der Waals surface area contributed by atoms with Crippen molar-refractivity contribution in [2.75, 3.05) is 7.11 Å². The van der Waals surface area contributed by atoms with Gasteiger partial charge in [-0.1, -0.05) is 13.8 Å². The molecule has 0 aromatic heterocycles. The van der Waals surface area contributed by atoms with Gasteiger partial charge in [-0.2, -0.15) is 0 Å². The van der Waals surface area contributed by atoms with Crippen LogP contribution in [0, 0.1) is 12.8 Å². The van der Waals surface area contributed by atoms with Crippen LogP contribution in [0.15, 0.2) is 30.3 Å². The van der Waals surface area contributed by atoms with Crippen molar-refractivity contribution in [1.82, 2.24) is 0 Å². The van der Waals surface area contributed by atoms with E-state index in [1.54, 1.807) is 19.1 Å². The van der Waals surface area contributed by atoms with Crippen LogP contribution in [-0.2, 0) is 4.79 Å². The molecule has 0 unspecified atom stereocenters. The van der Waals surface area contributed by atoms with Gasteiger partial charge in [-0.05, 0) is 68.2 Å². The van der Waals surface area contributed by atoms with Gasteiger partial charge in [0.15, 0.2) is 17.3 Å². The molecule has 0 amide bonds. The van der Waals surface area contributed by atoms with Crippen LogP contribution in [0.1, 0.15) is 60.3 Å². The number of carbonyl (C=O) groups is 2. The molecule has 166 valence electrons. The summed E-state index contributed by atoms with van der Waals surface area (Å²) in [6.45, 7) is 7.05. The highest BCUT2D eigenvalue weighted by atomic mass is 16.5. The van der Waals surface area contributed by atoms with E-state index in [-0.39, 0.29) is 40.3 Å². The van der Waals surface area contributed by atoms with Crippen LogP contribution in [0.25, 0.3) is 6.08 Å². The molecule has 0 aliphatic carbocycles. The fourth-order valence-electron chi connectivity index (χ4n) is 3.26. The number of phenolic OH excluding ortho intramolecular Hbond substituents is 1. The lowest BCUT2D eigenvalue weighted by atomic mass is 9.96. The number of ketones is 1. The highest BCUT2D eigenvalue weighted by Crippen LogP contribution is 2.42. The lowest BCUT2D eigenvalue weighted by Crippen LogP contribution is -2.10. The highest BCUT2D eigenvalue weighted by Gasteiger charge is 2.26. The van der Waals surface area contributed by atoms with Crippen LogP contribution in [0.2, 0.25) is 0 Å². The van der Waals surface area contributed by atoms with Gasteiger partial charge in [0.1, 0.15) is 17.1 Å². The molecule has 31 heavy (non-hydrogen) atoms. The summed E-state index contributed by atoms with van der Waals surface area (Å²) in [6.07, 6.45) is 2.33. The monoisotopic (exact) mass is 428 g/mol. The van der Waals surface area contributed by atoms with Crippen molar-refractivity contribution in [3.05, 3.63) is 52.6 Å². The second-order valence-corrected chi connectivity index (χ2v) is 7.76. The second-order valence-electron chi connectivity index (χ2n) is 7.76. The summed E-state index contributed by atoms with van der Waals surface area (Å²) in [5.74, 6) is -1.59. The first-order chi connectivity index (χ1) is 14.5. The quantitative estimate of drug-likeness (QED) is 0.488. The molecule has 7 heteroatoms. The molecule has 2 aromatic carbocycles. The van der Waals surface area contributed by atoms with Gasteiger partial charge in [-0.3, -0.25) is 4.79 Å². The van der Waals surface area contributed by atoms with Gasteiger partial charge >= 0.3 is 5.97 Å². The smallest absolute Gasteiger partial charge is 0.343 e. The Kier molecular flexibility index (Phi) is 7.83. The minimum atomic E-state index is -1.31. The van der Waals surface area contributed by atoms with Crippen molar-refractivity contribution in [3.8, 4) is 23.0 Å². The number of ether oxygens (including phenoxy) is 2. The molecule has 2 rings (SSSR count). The van der Waals surface area contributed by atoms with Gasteiger partial charge in [-0.15, -0.1) is 0 Å². The number of methoxy groups -OCH3 is 1. The topological polar surface area (TPSA) is 113 Å². The molecule has 0 radical (unpaired) electrons. The SMILES string of the molecule is COc1c([C@@H](O)CC(C)C)ccc(Oc2c(O)cc(C)cc2/C=C/C(C)=O)c1C(=O)O. The van der Waals surface area contributed by atoms with E-state index < -0.39 is 12.1 Å².